The third-order valence-electron chi connectivity index (χ3n) is 4.08. The number of aryl methyl sites for hydroxylation is 1. The molecule has 0 aliphatic rings. The third-order valence-corrected chi connectivity index (χ3v) is 4.98. The number of amides is 1. The summed E-state index contributed by atoms with van der Waals surface area (Å²) in [6.45, 7) is 4.35. The van der Waals surface area contributed by atoms with E-state index in [0.29, 0.717) is 17.9 Å². The molecule has 0 bridgehead atoms. The molecule has 3 aromatic rings. The lowest BCUT2D eigenvalue weighted by Gasteiger charge is -2.07. The van der Waals surface area contributed by atoms with Gasteiger partial charge in [0.1, 0.15) is 17.4 Å². The summed E-state index contributed by atoms with van der Waals surface area (Å²) < 4.78 is 10.7. The standard InChI is InChI=1S/C22H22N2O4S/c1-3-27-22(26)16-8-10-18(11-9-16)28-13-17-14-29-21(23-17)12-20(25)24-19-7-5-4-6-15(19)2/h4-11,14H,3,12-13H2,1-2H3,(H,24,25). The van der Waals surface area contributed by atoms with Gasteiger partial charge in [0.05, 0.1) is 24.3 Å². The first-order valence-corrected chi connectivity index (χ1v) is 10.1. The summed E-state index contributed by atoms with van der Waals surface area (Å²) in [5, 5.41) is 5.52. The van der Waals surface area contributed by atoms with Crippen molar-refractivity contribution in [3.05, 3.63) is 75.7 Å². The molecule has 0 radical (unpaired) electrons. The molecule has 3 rings (SSSR count). The van der Waals surface area contributed by atoms with Crippen molar-refractivity contribution in [1.29, 1.82) is 0 Å². The fraction of sp³-hybridized carbons (Fsp3) is 0.227. The largest absolute Gasteiger partial charge is 0.487 e. The van der Waals surface area contributed by atoms with Gasteiger partial charge in [0.2, 0.25) is 5.91 Å². The molecule has 0 fully saturated rings. The van der Waals surface area contributed by atoms with Crippen LogP contribution in [0.3, 0.4) is 0 Å². The van der Waals surface area contributed by atoms with Crippen molar-refractivity contribution in [1.82, 2.24) is 4.98 Å². The molecular formula is C22H22N2O4S. The summed E-state index contributed by atoms with van der Waals surface area (Å²) in [6, 6.07) is 14.4. The van der Waals surface area contributed by atoms with Crippen molar-refractivity contribution in [2.45, 2.75) is 26.9 Å². The van der Waals surface area contributed by atoms with Crippen molar-refractivity contribution < 1.29 is 19.1 Å². The predicted molar refractivity (Wildman–Crippen MR) is 112 cm³/mol. The molecule has 0 atom stereocenters. The van der Waals surface area contributed by atoms with E-state index in [2.05, 4.69) is 10.3 Å². The lowest BCUT2D eigenvalue weighted by atomic mass is 10.2. The average molecular weight is 410 g/mol. The first-order valence-electron chi connectivity index (χ1n) is 9.24. The van der Waals surface area contributed by atoms with Crippen LogP contribution in [0.2, 0.25) is 0 Å². The number of hydrogen-bond acceptors (Lipinski definition) is 6. The molecule has 150 valence electrons. The van der Waals surface area contributed by atoms with E-state index < -0.39 is 0 Å². The van der Waals surface area contributed by atoms with Crippen LogP contribution in [0.15, 0.2) is 53.9 Å². The quantitative estimate of drug-likeness (QED) is 0.558. The van der Waals surface area contributed by atoms with Crippen molar-refractivity contribution in [3.8, 4) is 5.75 Å². The van der Waals surface area contributed by atoms with Gasteiger partial charge in [-0.3, -0.25) is 4.79 Å². The van der Waals surface area contributed by atoms with Gasteiger partial charge in [0.15, 0.2) is 0 Å². The summed E-state index contributed by atoms with van der Waals surface area (Å²) >= 11 is 1.43. The second kappa shape index (κ2) is 9.84. The number of esters is 1. The molecule has 1 amide bonds. The number of nitrogens with one attached hydrogen (secondary N) is 1. The van der Waals surface area contributed by atoms with Gasteiger partial charge < -0.3 is 14.8 Å². The zero-order valence-electron chi connectivity index (χ0n) is 16.3. The molecule has 0 aliphatic carbocycles. The normalized spacial score (nSPS) is 10.4. The van der Waals surface area contributed by atoms with Gasteiger partial charge in [-0.05, 0) is 49.7 Å². The number of ether oxygens (including phenoxy) is 2. The van der Waals surface area contributed by atoms with E-state index in [1.54, 1.807) is 31.2 Å². The number of anilines is 1. The van der Waals surface area contributed by atoms with Crippen LogP contribution in [-0.2, 0) is 22.6 Å². The number of nitrogens with zero attached hydrogens (tertiary/aromatic N) is 1. The maximum atomic E-state index is 12.2. The molecule has 1 aromatic heterocycles. The van der Waals surface area contributed by atoms with Gasteiger partial charge in [-0.25, -0.2) is 9.78 Å². The maximum Gasteiger partial charge on any atom is 0.338 e. The van der Waals surface area contributed by atoms with Crippen LogP contribution >= 0.6 is 11.3 Å². The van der Waals surface area contributed by atoms with Crippen LogP contribution in [0.25, 0.3) is 0 Å². The number of hydrogen-bond donors (Lipinski definition) is 1. The summed E-state index contributed by atoms with van der Waals surface area (Å²) in [6.07, 6.45) is 0.216. The fourth-order valence-corrected chi connectivity index (χ4v) is 3.38. The zero-order chi connectivity index (χ0) is 20.6. The molecule has 0 spiro atoms. The van der Waals surface area contributed by atoms with E-state index >= 15 is 0 Å². The van der Waals surface area contributed by atoms with E-state index in [9.17, 15) is 9.59 Å². The van der Waals surface area contributed by atoms with Crippen molar-refractivity contribution in [2.75, 3.05) is 11.9 Å². The molecule has 0 saturated heterocycles. The summed E-state index contributed by atoms with van der Waals surface area (Å²) in [5.41, 5.74) is 3.06. The smallest absolute Gasteiger partial charge is 0.338 e. The van der Waals surface area contributed by atoms with Gasteiger partial charge >= 0.3 is 5.97 Å². The molecule has 0 aliphatic heterocycles. The Morgan fingerprint density at radius 1 is 1.10 bits per heavy atom. The Bertz CT molecular complexity index is 982. The molecule has 0 unspecified atom stereocenters. The molecule has 7 heteroatoms. The van der Waals surface area contributed by atoms with Gasteiger partial charge in [-0.1, -0.05) is 18.2 Å². The Balaban J connectivity index is 1.50. The van der Waals surface area contributed by atoms with Gasteiger partial charge in [0.25, 0.3) is 0 Å². The maximum absolute atomic E-state index is 12.2. The minimum absolute atomic E-state index is 0.101. The number of thiazole rings is 1. The molecular weight excluding hydrogens is 388 g/mol. The average Bonchev–Trinajstić information content (AvgIpc) is 3.16. The van der Waals surface area contributed by atoms with Crippen molar-refractivity contribution in [2.24, 2.45) is 0 Å². The summed E-state index contributed by atoms with van der Waals surface area (Å²) in [5.74, 6) is 0.174. The fourth-order valence-electron chi connectivity index (χ4n) is 2.60. The Labute approximate surface area is 173 Å². The Kier molecular flexibility index (Phi) is 6.97. The van der Waals surface area contributed by atoms with Crippen LogP contribution in [0.4, 0.5) is 5.69 Å². The number of carbonyl (C=O) groups is 2. The number of aromatic nitrogens is 1. The minimum Gasteiger partial charge on any atom is -0.487 e. The monoisotopic (exact) mass is 410 g/mol. The highest BCUT2D eigenvalue weighted by Crippen LogP contribution is 2.18. The lowest BCUT2D eigenvalue weighted by molar-refractivity contribution is -0.115. The second-order valence-corrected chi connectivity index (χ2v) is 7.25. The topological polar surface area (TPSA) is 77.5 Å². The molecule has 1 heterocycles. The van der Waals surface area contributed by atoms with Gasteiger partial charge in [-0.15, -0.1) is 11.3 Å². The second-order valence-electron chi connectivity index (χ2n) is 6.31. The van der Waals surface area contributed by atoms with E-state index in [0.717, 1.165) is 22.0 Å². The van der Waals surface area contributed by atoms with E-state index in [4.69, 9.17) is 9.47 Å². The Morgan fingerprint density at radius 3 is 2.59 bits per heavy atom. The van der Waals surface area contributed by atoms with Crippen LogP contribution < -0.4 is 10.1 Å². The summed E-state index contributed by atoms with van der Waals surface area (Å²) in [4.78, 5) is 28.4. The van der Waals surface area contributed by atoms with Crippen LogP contribution in [0, 0.1) is 6.92 Å². The Morgan fingerprint density at radius 2 is 1.86 bits per heavy atom. The zero-order valence-corrected chi connectivity index (χ0v) is 17.1. The molecule has 6 nitrogen and oxygen atoms in total. The number of rotatable bonds is 8. The first kappa shape index (κ1) is 20.5. The van der Waals surface area contributed by atoms with Crippen LogP contribution in [0.5, 0.6) is 5.75 Å². The van der Waals surface area contributed by atoms with Gasteiger partial charge in [0, 0.05) is 11.1 Å². The molecule has 29 heavy (non-hydrogen) atoms. The Hall–Kier alpha value is -3.19. The first-order chi connectivity index (χ1) is 14.0. The molecule has 1 N–H and O–H groups in total. The number of benzene rings is 2. The van der Waals surface area contributed by atoms with Crippen molar-refractivity contribution >= 4 is 28.9 Å². The van der Waals surface area contributed by atoms with E-state index in [-0.39, 0.29) is 24.9 Å². The number of carbonyl (C=O) groups excluding carboxylic acids is 2. The highest BCUT2D eigenvalue weighted by atomic mass is 32.1. The summed E-state index contributed by atoms with van der Waals surface area (Å²) in [7, 11) is 0. The van der Waals surface area contributed by atoms with E-state index in [1.165, 1.54) is 11.3 Å². The van der Waals surface area contributed by atoms with Gasteiger partial charge in [-0.2, -0.15) is 0 Å². The SMILES string of the molecule is CCOC(=O)c1ccc(OCc2csc(CC(=O)Nc3ccccc3C)n2)cc1. The highest BCUT2D eigenvalue weighted by Gasteiger charge is 2.10. The lowest BCUT2D eigenvalue weighted by Crippen LogP contribution is -2.15. The van der Waals surface area contributed by atoms with Crippen molar-refractivity contribution in [3.63, 3.8) is 0 Å². The highest BCUT2D eigenvalue weighted by molar-refractivity contribution is 7.09. The predicted octanol–water partition coefficient (Wildman–Crippen LogP) is 4.39. The van der Waals surface area contributed by atoms with Crippen LogP contribution in [0.1, 0.15) is 33.5 Å². The van der Waals surface area contributed by atoms with E-state index in [1.807, 2.05) is 36.6 Å². The number of para-hydroxylation sites is 1. The molecule has 0 saturated carbocycles. The van der Waals surface area contributed by atoms with Crippen LogP contribution in [-0.4, -0.2) is 23.5 Å². The minimum atomic E-state index is -0.354. The molecule has 2 aromatic carbocycles. The third kappa shape index (κ3) is 5.89.